The number of allylic oxidation sites excluding steroid dienone is 1. The molecule has 0 saturated carbocycles. The number of rotatable bonds is 7. The number of aldehydes is 1. The van der Waals surface area contributed by atoms with Gasteiger partial charge in [-0.1, -0.05) is 33.8 Å². The van der Waals surface area contributed by atoms with Crippen LogP contribution in [0.2, 0.25) is 0 Å². The first-order valence-electron chi connectivity index (χ1n) is 11.7. The minimum Gasteiger partial charge on any atom is -0.493 e. The van der Waals surface area contributed by atoms with Crippen LogP contribution in [0.4, 0.5) is 14.5 Å². The van der Waals surface area contributed by atoms with E-state index >= 15 is 0 Å². The smallest absolute Gasteiger partial charge is 0.190 e. The molecule has 1 aromatic rings. The second kappa shape index (κ2) is 17.4. The zero-order valence-corrected chi connectivity index (χ0v) is 21.6. The van der Waals surface area contributed by atoms with Crippen LogP contribution in [0.1, 0.15) is 41.5 Å². The van der Waals surface area contributed by atoms with Crippen molar-refractivity contribution in [2.45, 2.75) is 47.6 Å². The summed E-state index contributed by atoms with van der Waals surface area (Å²) in [4.78, 5) is 10.9. The normalized spacial score (nSPS) is 16.2. The Labute approximate surface area is 202 Å². The minimum atomic E-state index is -0.567. The van der Waals surface area contributed by atoms with E-state index in [0.29, 0.717) is 25.6 Å². The van der Waals surface area contributed by atoms with Gasteiger partial charge in [0.25, 0.3) is 0 Å². The predicted octanol–water partition coefficient (Wildman–Crippen LogP) is 4.72. The Morgan fingerprint density at radius 3 is 2.15 bits per heavy atom. The SMILES string of the molecule is CC.CC.CCOC1=CC(OCC)=C(C2=CC(C=O)NN2C)CN1.CNc1c(F)cccc1F. The second-order valence-electron chi connectivity index (χ2n) is 6.32. The van der Waals surface area contributed by atoms with Crippen molar-refractivity contribution < 1.29 is 23.0 Å². The zero-order valence-electron chi connectivity index (χ0n) is 21.6. The molecule has 0 amide bonds. The van der Waals surface area contributed by atoms with Gasteiger partial charge < -0.3 is 29.9 Å². The molecule has 0 aliphatic carbocycles. The monoisotopic (exact) mass is 482 g/mol. The van der Waals surface area contributed by atoms with Crippen LogP contribution in [0.3, 0.4) is 0 Å². The number of halogens is 2. The average Bonchev–Trinajstić information content (AvgIpc) is 3.23. The lowest BCUT2D eigenvalue weighted by molar-refractivity contribution is -0.109. The number of benzene rings is 1. The van der Waals surface area contributed by atoms with E-state index < -0.39 is 11.6 Å². The summed E-state index contributed by atoms with van der Waals surface area (Å²) in [6, 6.07) is 3.44. The number of nitrogens with zero attached hydrogens (tertiary/aromatic N) is 1. The Morgan fingerprint density at radius 1 is 1.12 bits per heavy atom. The van der Waals surface area contributed by atoms with E-state index in [1.165, 1.54) is 25.2 Å². The summed E-state index contributed by atoms with van der Waals surface area (Å²) in [5.41, 5.74) is 4.93. The third-order valence-electron chi connectivity index (χ3n) is 4.31. The number of dihydropyridines is 1. The molecule has 0 radical (unpaired) electrons. The number of anilines is 1. The van der Waals surface area contributed by atoms with Crippen molar-refractivity contribution in [3.8, 4) is 0 Å². The van der Waals surface area contributed by atoms with Gasteiger partial charge in [0.2, 0.25) is 0 Å². The van der Waals surface area contributed by atoms with Gasteiger partial charge in [-0.05, 0) is 32.1 Å². The fraction of sp³-hybridized carbons (Fsp3) is 0.480. The maximum absolute atomic E-state index is 12.5. The summed E-state index contributed by atoms with van der Waals surface area (Å²) >= 11 is 0. The van der Waals surface area contributed by atoms with Crippen LogP contribution >= 0.6 is 0 Å². The van der Waals surface area contributed by atoms with Crippen molar-refractivity contribution in [2.75, 3.05) is 39.2 Å². The summed E-state index contributed by atoms with van der Waals surface area (Å²) in [5, 5.41) is 7.46. The molecule has 9 heteroatoms. The van der Waals surface area contributed by atoms with Gasteiger partial charge in [-0.15, -0.1) is 0 Å². The highest BCUT2D eigenvalue weighted by Gasteiger charge is 2.26. The van der Waals surface area contributed by atoms with E-state index in [9.17, 15) is 13.6 Å². The van der Waals surface area contributed by atoms with E-state index in [-0.39, 0.29) is 11.7 Å². The molecule has 0 bridgehead atoms. The van der Waals surface area contributed by atoms with Crippen LogP contribution in [0.25, 0.3) is 0 Å². The van der Waals surface area contributed by atoms with E-state index in [1.807, 2.05) is 65.8 Å². The number of hydrazine groups is 1. The predicted molar refractivity (Wildman–Crippen MR) is 134 cm³/mol. The van der Waals surface area contributed by atoms with Gasteiger partial charge in [0.05, 0.1) is 18.9 Å². The lowest BCUT2D eigenvalue weighted by Crippen LogP contribution is -2.36. The first-order chi connectivity index (χ1) is 16.4. The van der Waals surface area contributed by atoms with Gasteiger partial charge in [0.15, 0.2) is 5.88 Å². The molecule has 0 fully saturated rings. The third-order valence-corrected chi connectivity index (χ3v) is 4.31. The van der Waals surface area contributed by atoms with Crippen molar-refractivity contribution in [3.05, 3.63) is 64.9 Å². The topological polar surface area (TPSA) is 74.9 Å². The van der Waals surface area contributed by atoms with Crippen molar-refractivity contribution in [2.24, 2.45) is 0 Å². The summed E-state index contributed by atoms with van der Waals surface area (Å²) < 4.78 is 36.3. The molecule has 0 saturated heterocycles. The van der Waals surface area contributed by atoms with E-state index in [0.717, 1.165) is 23.3 Å². The molecular weight excluding hydrogens is 442 g/mol. The van der Waals surface area contributed by atoms with Crippen LogP contribution < -0.4 is 16.1 Å². The minimum absolute atomic E-state index is 0.0810. The number of nitrogens with one attached hydrogen (secondary N) is 3. The fourth-order valence-corrected chi connectivity index (χ4v) is 2.99. The maximum atomic E-state index is 12.5. The highest BCUT2D eigenvalue weighted by Crippen LogP contribution is 2.26. The Morgan fingerprint density at radius 2 is 1.71 bits per heavy atom. The molecule has 2 aliphatic heterocycles. The largest absolute Gasteiger partial charge is 0.493 e. The Hall–Kier alpha value is -3.07. The van der Waals surface area contributed by atoms with Gasteiger partial charge in [0, 0.05) is 32.3 Å². The molecule has 2 heterocycles. The lowest BCUT2D eigenvalue weighted by Gasteiger charge is -2.25. The van der Waals surface area contributed by atoms with Crippen LogP contribution in [0.15, 0.2) is 53.3 Å². The number of hydrogen-bond acceptors (Lipinski definition) is 7. The molecule has 0 aromatic heterocycles. The highest BCUT2D eigenvalue weighted by atomic mass is 19.1. The van der Waals surface area contributed by atoms with Crippen LogP contribution in [-0.2, 0) is 14.3 Å². The summed E-state index contributed by atoms with van der Waals surface area (Å²) in [5.74, 6) is 0.354. The molecule has 7 nitrogen and oxygen atoms in total. The molecule has 3 N–H and O–H groups in total. The Kier molecular flexibility index (Phi) is 15.8. The van der Waals surface area contributed by atoms with Gasteiger partial charge in [-0.2, -0.15) is 0 Å². The maximum Gasteiger partial charge on any atom is 0.190 e. The van der Waals surface area contributed by atoms with Crippen molar-refractivity contribution >= 4 is 12.0 Å². The molecular formula is C25H40F2N4O3. The average molecular weight is 483 g/mol. The summed E-state index contributed by atoms with van der Waals surface area (Å²) in [7, 11) is 3.36. The molecule has 0 spiro atoms. The standard InChI is InChI=1S/C14H21N3O3.C7H7F2N.2C2H6/c1-4-19-13-7-14(20-5-2)15-8-11(13)12-6-10(9-18)16-17(12)3;1-10-7-5(8)3-2-4-6(7)9;2*1-2/h6-7,9-10,15-16H,4-5,8H2,1-3H3;2-4,10H,1H3;2*1-2H3. The number of hydrogen-bond donors (Lipinski definition) is 3. The first kappa shape index (κ1) is 30.9. The van der Waals surface area contributed by atoms with Crippen LogP contribution in [0.5, 0.6) is 0 Å². The van der Waals surface area contributed by atoms with Crippen molar-refractivity contribution in [3.63, 3.8) is 0 Å². The molecule has 192 valence electrons. The van der Waals surface area contributed by atoms with Crippen molar-refractivity contribution in [1.29, 1.82) is 0 Å². The van der Waals surface area contributed by atoms with Gasteiger partial charge in [-0.25, -0.2) is 14.2 Å². The molecule has 3 rings (SSSR count). The zero-order chi connectivity index (χ0) is 26.1. The number of carbonyl (C=O) groups excluding carboxylic acids is 1. The lowest BCUT2D eigenvalue weighted by atomic mass is 10.1. The number of likely N-dealkylation sites (N-methyl/N-ethyl adjacent to an activating group) is 1. The summed E-state index contributed by atoms with van der Waals surface area (Å²) in [6.07, 6.45) is 4.62. The number of ether oxygens (including phenoxy) is 2. The third kappa shape index (κ3) is 9.05. The number of para-hydroxylation sites is 1. The molecule has 1 unspecified atom stereocenters. The first-order valence-corrected chi connectivity index (χ1v) is 11.7. The quantitative estimate of drug-likeness (QED) is 0.486. The van der Waals surface area contributed by atoms with E-state index in [2.05, 4.69) is 16.1 Å². The van der Waals surface area contributed by atoms with E-state index in [1.54, 1.807) is 0 Å². The molecule has 34 heavy (non-hydrogen) atoms. The summed E-state index contributed by atoms with van der Waals surface area (Å²) in [6.45, 7) is 13.7. The van der Waals surface area contributed by atoms with Gasteiger partial charge in [-0.3, -0.25) is 0 Å². The Bertz CT molecular complexity index is 821. The molecule has 1 atom stereocenters. The van der Waals surface area contributed by atoms with Crippen LogP contribution in [-0.4, -0.2) is 51.2 Å². The van der Waals surface area contributed by atoms with Crippen molar-refractivity contribution in [1.82, 2.24) is 15.8 Å². The second-order valence-corrected chi connectivity index (χ2v) is 6.32. The fourth-order valence-electron chi connectivity index (χ4n) is 2.99. The molecule has 1 aromatic carbocycles. The van der Waals surface area contributed by atoms with Gasteiger partial charge >= 0.3 is 0 Å². The van der Waals surface area contributed by atoms with Crippen LogP contribution in [0, 0.1) is 11.6 Å². The Balaban J connectivity index is 0.000000653. The van der Waals surface area contributed by atoms with E-state index in [4.69, 9.17) is 9.47 Å². The molecule has 2 aliphatic rings. The highest BCUT2D eigenvalue weighted by molar-refractivity contribution is 5.63. The van der Waals surface area contributed by atoms with Gasteiger partial charge in [0.1, 0.15) is 35.4 Å². The number of carbonyl (C=O) groups is 1.